The molecule has 0 aromatic heterocycles. The molecule has 1 unspecified atom stereocenters. The van der Waals surface area contributed by atoms with Crippen molar-refractivity contribution >= 4 is 11.9 Å². The molecular weight excluding hydrogens is 270 g/mol. The number of carboxylic acids is 2. The van der Waals surface area contributed by atoms with E-state index in [1.165, 1.54) is 0 Å². The Hall–Kier alpha value is -1.10. The lowest BCUT2D eigenvalue weighted by Crippen LogP contribution is -2.59. The zero-order valence-corrected chi connectivity index (χ0v) is 13.8. The quantitative estimate of drug-likeness (QED) is 0.788. The van der Waals surface area contributed by atoms with Gasteiger partial charge in [-0.2, -0.15) is 0 Å². The van der Waals surface area contributed by atoms with Gasteiger partial charge in [0.05, 0.1) is 5.92 Å². The van der Waals surface area contributed by atoms with Crippen molar-refractivity contribution in [3.8, 4) is 0 Å². The molecule has 1 aliphatic rings. The third-order valence-corrected chi connectivity index (χ3v) is 5.13. The molecule has 1 aliphatic heterocycles. The van der Waals surface area contributed by atoms with Gasteiger partial charge in [-0.15, -0.1) is 0 Å². The predicted octanol–water partition coefficient (Wildman–Crippen LogP) is 2.84. The minimum absolute atomic E-state index is 0.0448. The van der Waals surface area contributed by atoms with Crippen LogP contribution in [0.5, 0.6) is 0 Å². The number of nitrogens with zero attached hydrogens (tertiary/aromatic N) is 1. The summed E-state index contributed by atoms with van der Waals surface area (Å²) in [5.41, 5.74) is -0.0974. The Morgan fingerprint density at radius 3 is 2.00 bits per heavy atom. The molecule has 0 saturated carbocycles. The molecule has 1 heterocycles. The highest BCUT2D eigenvalue weighted by Gasteiger charge is 2.46. The highest BCUT2D eigenvalue weighted by molar-refractivity contribution is 5.71. The summed E-state index contributed by atoms with van der Waals surface area (Å²) in [7, 11) is 2.09. The smallest absolute Gasteiger partial charge is 0.306 e. The fourth-order valence-electron chi connectivity index (χ4n) is 3.77. The lowest BCUT2D eigenvalue weighted by atomic mass is 9.68. The first-order chi connectivity index (χ1) is 9.47. The largest absolute Gasteiger partial charge is 0.481 e. The van der Waals surface area contributed by atoms with Gasteiger partial charge in [-0.1, -0.05) is 0 Å². The molecule has 122 valence electrons. The number of hydrogen-bond donors (Lipinski definition) is 2. The molecule has 5 nitrogen and oxygen atoms in total. The lowest BCUT2D eigenvalue weighted by Gasteiger charge is -2.54. The van der Waals surface area contributed by atoms with Gasteiger partial charge in [-0.3, -0.25) is 14.5 Å². The van der Waals surface area contributed by atoms with Gasteiger partial charge in [-0.05, 0) is 66.3 Å². The van der Waals surface area contributed by atoms with Crippen molar-refractivity contribution in [2.24, 2.45) is 11.8 Å². The topological polar surface area (TPSA) is 77.8 Å². The molecule has 0 aromatic rings. The lowest BCUT2D eigenvalue weighted by molar-refractivity contribution is -0.148. The number of piperidine rings is 1. The van der Waals surface area contributed by atoms with Crippen molar-refractivity contribution in [2.45, 2.75) is 70.9 Å². The Morgan fingerprint density at radius 1 is 1.14 bits per heavy atom. The first-order valence-electron chi connectivity index (χ1n) is 7.66. The number of likely N-dealkylation sites (tertiary alicyclic amines) is 1. The number of carboxylic acid groups (broad SMARTS) is 2. The molecule has 1 fully saturated rings. The predicted molar refractivity (Wildman–Crippen MR) is 81.3 cm³/mol. The molecule has 0 bridgehead atoms. The van der Waals surface area contributed by atoms with E-state index in [2.05, 4.69) is 39.6 Å². The second kappa shape index (κ2) is 6.34. The van der Waals surface area contributed by atoms with E-state index in [9.17, 15) is 14.7 Å². The van der Waals surface area contributed by atoms with E-state index in [0.29, 0.717) is 12.8 Å². The van der Waals surface area contributed by atoms with Gasteiger partial charge < -0.3 is 10.2 Å². The monoisotopic (exact) mass is 299 g/mol. The van der Waals surface area contributed by atoms with Gasteiger partial charge in [0.1, 0.15) is 0 Å². The van der Waals surface area contributed by atoms with Gasteiger partial charge in [0.15, 0.2) is 0 Å². The summed E-state index contributed by atoms with van der Waals surface area (Å²) in [6.07, 6.45) is 2.58. The second-order valence-corrected chi connectivity index (χ2v) is 7.58. The number of hydrogen-bond acceptors (Lipinski definition) is 3. The minimum atomic E-state index is -0.858. The van der Waals surface area contributed by atoms with Crippen LogP contribution in [0, 0.1) is 11.8 Å². The van der Waals surface area contributed by atoms with E-state index < -0.39 is 17.9 Å². The maximum atomic E-state index is 11.6. The molecule has 1 rings (SSSR count). The van der Waals surface area contributed by atoms with Crippen LogP contribution >= 0.6 is 0 Å². The number of aliphatic carboxylic acids is 2. The van der Waals surface area contributed by atoms with Gasteiger partial charge in [0.25, 0.3) is 0 Å². The van der Waals surface area contributed by atoms with Crippen LogP contribution in [0.3, 0.4) is 0 Å². The summed E-state index contributed by atoms with van der Waals surface area (Å²) in [5, 5.41) is 18.3. The first-order valence-corrected chi connectivity index (χ1v) is 7.66. The van der Waals surface area contributed by atoms with Crippen LogP contribution < -0.4 is 0 Å². The standard InChI is InChI=1S/C16H29NO4/c1-15(2)9-11(10-16(3,4)17(15)5)12(14(20)21)7-6-8-13(18)19/h11-12H,6-10H2,1-5H3,(H,18,19)(H,20,21). The van der Waals surface area contributed by atoms with E-state index in [4.69, 9.17) is 5.11 Å². The molecule has 0 aliphatic carbocycles. The van der Waals surface area contributed by atoms with Crippen LogP contribution in [0.2, 0.25) is 0 Å². The summed E-state index contributed by atoms with van der Waals surface area (Å²) < 4.78 is 0. The van der Waals surface area contributed by atoms with Crippen molar-refractivity contribution in [1.29, 1.82) is 0 Å². The molecule has 1 saturated heterocycles. The maximum absolute atomic E-state index is 11.6. The summed E-state index contributed by atoms with van der Waals surface area (Å²) in [6, 6.07) is 0. The van der Waals surface area contributed by atoms with Crippen molar-refractivity contribution in [3.63, 3.8) is 0 Å². The Balaban J connectivity index is 2.83. The average Bonchev–Trinajstić information content (AvgIpc) is 2.30. The number of rotatable bonds is 6. The van der Waals surface area contributed by atoms with Gasteiger partial charge >= 0.3 is 11.9 Å². The van der Waals surface area contributed by atoms with E-state index >= 15 is 0 Å². The van der Waals surface area contributed by atoms with E-state index in [-0.39, 0.29) is 23.4 Å². The first kappa shape index (κ1) is 18.0. The highest BCUT2D eigenvalue weighted by atomic mass is 16.4. The number of carbonyl (C=O) groups is 2. The molecule has 0 amide bonds. The third-order valence-electron chi connectivity index (χ3n) is 5.13. The normalized spacial score (nSPS) is 23.7. The Kier molecular flexibility index (Phi) is 5.42. The highest BCUT2D eigenvalue weighted by Crippen LogP contribution is 2.44. The Labute approximate surface area is 127 Å². The minimum Gasteiger partial charge on any atom is -0.481 e. The fourth-order valence-corrected chi connectivity index (χ4v) is 3.77. The van der Waals surface area contributed by atoms with Crippen molar-refractivity contribution in [3.05, 3.63) is 0 Å². The van der Waals surface area contributed by atoms with Crippen LogP contribution in [0.4, 0.5) is 0 Å². The van der Waals surface area contributed by atoms with E-state index in [1.807, 2.05) is 0 Å². The van der Waals surface area contributed by atoms with Gasteiger partial charge in [0, 0.05) is 17.5 Å². The molecule has 0 radical (unpaired) electrons. The van der Waals surface area contributed by atoms with Gasteiger partial charge in [0.2, 0.25) is 0 Å². The molecule has 1 atom stereocenters. The zero-order valence-electron chi connectivity index (χ0n) is 13.8. The van der Waals surface area contributed by atoms with Gasteiger partial charge in [-0.25, -0.2) is 0 Å². The summed E-state index contributed by atoms with van der Waals surface area (Å²) in [6.45, 7) is 8.60. The summed E-state index contributed by atoms with van der Waals surface area (Å²) >= 11 is 0. The second-order valence-electron chi connectivity index (χ2n) is 7.58. The molecule has 21 heavy (non-hydrogen) atoms. The molecule has 2 N–H and O–H groups in total. The van der Waals surface area contributed by atoms with E-state index in [1.54, 1.807) is 0 Å². The van der Waals surface area contributed by atoms with Crippen LogP contribution in [0.25, 0.3) is 0 Å². The summed E-state index contributed by atoms with van der Waals surface area (Å²) in [5.74, 6) is -2.00. The molecular formula is C16H29NO4. The van der Waals surface area contributed by atoms with Crippen molar-refractivity contribution in [2.75, 3.05) is 7.05 Å². The Morgan fingerprint density at radius 2 is 1.62 bits per heavy atom. The molecule has 0 aromatic carbocycles. The zero-order chi connectivity index (χ0) is 16.4. The maximum Gasteiger partial charge on any atom is 0.306 e. The SMILES string of the molecule is CN1C(C)(C)CC(C(CCCC(=O)O)C(=O)O)CC1(C)C. The molecule has 0 spiro atoms. The fraction of sp³-hybridized carbons (Fsp3) is 0.875. The molecule has 5 heteroatoms. The van der Waals surface area contributed by atoms with Crippen LogP contribution in [0.1, 0.15) is 59.8 Å². The Bertz CT molecular complexity index is 385. The average molecular weight is 299 g/mol. The van der Waals surface area contributed by atoms with E-state index in [0.717, 1.165) is 12.8 Å². The van der Waals surface area contributed by atoms with Crippen LogP contribution in [0.15, 0.2) is 0 Å². The van der Waals surface area contributed by atoms with Crippen LogP contribution in [-0.2, 0) is 9.59 Å². The van der Waals surface area contributed by atoms with Crippen molar-refractivity contribution in [1.82, 2.24) is 4.90 Å². The van der Waals surface area contributed by atoms with Crippen molar-refractivity contribution < 1.29 is 19.8 Å². The third kappa shape index (κ3) is 4.43. The summed E-state index contributed by atoms with van der Waals surface area (Å²) in [4.78, 5) is 24.6. The van der Waals surface area contributed by atoms with Crippen LogP contribution in [-0.4, -0.2) is 45.2 Å².